The molecule has 0 aliphatic rings. The van der Waals surface area contributed by atoms with E-state index in [4.69, 9.17) is 11.1 Å². The van der Waals surface area contributed by atoms with E-state index in [-0.39, 0.29) is 49.2 Å². The summed E-state index contributed by atoms with van der Waals surface area (Å²) in [7, 11) is 1.83. The van der Waals surface area contributed by atoms with Crippen molar-refractivity contribution in [1.82, 2.24) is 5.32 Å². The predicted molar refractivity (Wildman–Crippen MR) is 118 cm³/mol. The molecule has 1 unspecified atom stereocenters. The van der Waals surface area contributed by atoms with Crippen LogP contribution in [0, 0.1) is 55.4 Å². The van der Waals surface area contributed by atoms with Gasteiger partial charge in [0, 0.05) is 24.3 Å². The number of likely N-dealkylation sites (N-methyl/N-ethyl adjacent to an activating group) is 1. The molecule has 30 heavy (non-hydrogen) atoms. The SMILES string of the molecule is [CH2-]C(Cc1[c-]cccc1)C(=O)C(=N)c1ccc(/C(=C/N)CNC)cc1NCCO.[U+2]. The van der Waals surface area contributed by atoms with Crippen LogP contribution in [-0.4, -0.2) is 43.3 Å². The van der Waals surface area contributed by atoms with E-state index in [1.807, 2.05) is 37.4 Å². The van der Waals surface area contributed by atoms with Crippen molar-refractivity contribution in [1.29, 1.82) is 5.41 Å². The second-order valence-electron chi connectivity index (χ2n) is 6.66. The van der Waals surface area contributed by atoms with Crippen LogP contribution in [0.3, 0.4) is 0 Å². The standard InChI is InChI=1S/C23H28N4O2.U/c1-16(12-17-6-4-3-5-7-17)23(29)22(25)20-9-8-18(19(14-24)15-26-2)13-21(20)27-10-11-28;/h3-6,8-9,13-14,16,25-28H,1,10-12,15,24H2,2H3;/q-2;+2/b19-14+,25-22?;. The van der Waals surface area contributed by atoms with Gasteiger partial charge in [0.05, 0.1) is 6.61 Å². The number of hydrogen-bond donors (Lipinski definition) is 5. The molecular weight excluding hydrogens is 602 g/mol. The van der Waals surface area contributed by atoms with E-state index in [0.717, 1.165) is 16.7 Å². The molecule has 7 heteroatoms. The van der Waals surface area contributed by atoms with Crippen LogP contribution in [-0.2, 0) is 11.2 Å². The minimum Gasteiger partial charge on any atom is -0.404 e. The summed E-state index contributed by atoms with van der Waals surface area (Å²) in [5.41, 5.74) is 9.33. The fraction of sp³-hybridized carbons (Fsp3) is 0.261. The predicted octanol–water partition coefficient (Wildman–Crippen LogP) is 2.04. The number of ketones is 1. The second kappa shape index (κ2) is 13.4. The first-order valence-electron chi connectivity index (χ1n) is 9.48. The van der Waals surface area contributed by atoms with E-state index in [2.05, 4.69) is 23.6 Å². The fourth-order valence-electron chi connectivity index (χ4n) is 3.00. The fourth-order valence-corrected chi connectivity index (χ4v) is 3.00. The summed E-state index contributed by atoms with van der Waals surface area (Å²) in [5.74, 6) is -0.929. The summed E-state index contributed by atoms with van der Waals surface area (Å²) in [4.78, 5) is 12.8. The van der Waals surface area contributed by atoms with Gasteiger partial charge in [-0.1, -0.05) is 18.6 Å². The number of aliphatic hydroxyl groups excluding tert-OH is 1. The molecule has 6 N–H and O–H groups in total. The van der Waals surface area contributed by atoms with Crippen LogP contribution in [0.4, 0.5) is 5.69 Å². The van der Waals surface area contributed by atoms with Crippen molar-refractivity contribution in [2.75, 3.05) is 32.1 Å². The number of Topliss-reactive ketones (excluding diaryl/α,β-unsaturated/α-hetero) is 1. The van der Waals surface area contributed by atoms with Crippen LogP contribution in [0.15, 0.2) is 48.7 Å². The van der Waals surface area contributed by atoms with E-state index in [0.29, 0.717) is 30.8 Å². The first-order chi connectivity index (χ1) is 14.0. The minimum absolute atomic E-state index is 0. The number of aliphatic hydroxyl groups is 1. The molecule has 0 bridgehead atoms. The Balaban J connectivity index is 0.00000450. The Morgan fingerprint density at radius 2 is 2.13 bits per heavy atom. The largest absolute Gasteiger partial charge is 2.00 e. The zero-order valence-corrected chi connectivity index (χ0v) is 21.3. The monoisotopic (exact) mass is 630 g/mol. The van der Waals surface area contributed by atoms with Gasteiger partial charge < -0.3 is 28.4 Å². The third-order valence-electron chi connectivity index (χ3n) is 4.51. The zero-order chi connectivity index (χ0) is 21.2. The van der Waals surface area contributed by atoms with E-state index >= 15 is 0 Å². The minimum atomic E-state index is -0.588. The summed E-state index contributed by atoms with van der Waals surface area (Å²) in [6.07, 6.45) is 1.95. The van der Waals surface area contributed by atoms with Crippen LogP contribution < -0.4 is 16.4 Å². The Morgan fingerprint density at radius 1 is 1.37 bits per heavy atom. The van der Waals surface area contributed by atoms with Gasteiger partial charge >= 0.3 is 31.1 Å². The van der Waals surface area contributed by atoms with Gasteiger partial charge in [0.25, 0.3) is 0 Å². The van der Waals surface area contributed by atoms with Crippen molar-refractivity contribution in [2.24, 2.45) is 11.7 Å². The summed E-state index contributed by atoms with van der Waals surface area (Å²) >= 11 is 0. The molecule has 0 aromatic heterocycles. The molecule has 0 spiro atoms. The Morgan fingerprint density at radius 3 is 2.73 bits per heavy atom. The topological polar surface area (TPSA) is 111 Å². The summed E-state index contributed by atoms with van der Waals surface area (Å²) < 4.78 is 0. The summed E-state index contributed by atoms with van der Waals surface area (Å²) in [6.45, 7) is 4.77. The number of carbonyl (C=O) groups excluding carboxylic acids is 1. The third-order valence-corrected chi connectivity index (χ3v) is 4.51. The van der Waals surface area contributed by atoms with E-state index in [9.17, 15) is 9.90 Å². The van der Waals surface area contributed by atoms with Gasteiger partial charge in [0.1, 0.15) is 5.71 Å². The van der Waals surface area contributed by atoms with Crippen molar-refractivity contribution in [2.45, 2.75) is 6.42 Å². The van der Waals surface area contributed by atoms with Crippen LogP contribution >= 0.6 is 0 Å². The maximum atomic E-state index is 12.8. The normalized spacial score (nSPS) is 12.0. The molecule has 1 atom stereocenters. The molecular formula is C23H28N4O2U. The molecule has 6 nitrogen and oxygen atoms in total. The molecule has 2 aromatic rings. The molecule has 0 aliphatic carbocycles. The first kappa shape index (κ1) is 26.1. The molecule has 0 amide bonds. The molecule has 156 valence electrons. The van der Waals surface area contributed by atoms with Gasteiger partial charge in [-0.15, -0.1) is 5.92 Å². The van der Waals surface area contributed by atoms with Crippen molar-refractivity contribution in [3.8, 4) is 0 Å². The number of rotatable bonds is 11. The quantitative estimate of drug-likeness (QED) is 0.193. The smallest absolute Gasteiger partial charge is 0.404 e. The van der Waals surface area contributed by atoms with Gasteiger partial charge in [0.2, 0.25) is 0 Å². The number of anilines is 1. The van der Waals surface area contributed by atoms with Crippen LogP contribution in [0.1, 0.15) is 16.7 Å². The molecule has 0 saturated heterocycles. The second-order valence-corrected chi connectivity index (χ2v) is 6.66. The average molecular weight is 631 g/mol. The molecule has 0 aliphatic heterocycles. The first-order valence-corrected chi connectivity index (χ1v) is 9.48. The zero-order valence-electron chi connectivity index (χ0n) is 17.2. The van der Waals surface area contributed by atoms with Crippen LogP contribution in [0.5, 0.6) is 0 Å². The Kier molecular flexibility index (Phi) is 11.7. The van der Waals surface area contributed by atoms with Crippen LogP contribution in [0.25, 0.3) is 5.57 Å². The Bertz CT molecular complexity index is 869. The number of hydrogen-bond acceptors (Lipinski definition) is 6. The molecule has 0 saturated carbocycles. The van der Waals surface area contributed by atoms with Gasteiger partial charge in [-0.2, -0.15) is 35.9 Å². The maximum Gasteiger partial charge on any atom is 2.00 e. The van der Waals surface area contributed by atoms with Gasteiger partial charge in [-0.3, -0.25) is 10.2 Å². The molecule has 0 radical (unpaired) electrons. The maximum absolute atomic E-state index is 12.8. The summed E-state index contributed by atoms with van der Waals surface area (Å²) in [5, 5.41) is 23.8. The molecule has 2 rings (SSSR count). The number of carbonyl (C=O) groups is 1. The number of nitrogens with one attached hydrogen (secondary N) is 3. The Labute approximate surface area is 202 Å². The van der Waals surface area contributed by atoms with Gasteiger partial charge in [-0.25, -0.2) is 0 Å². The summed E-state index contributed by atoms with van der Waals surface area (Å²) in [6, 6.07) is 15.9. The Hall–Kier alpha value is -1.91. The molecule has 2 aromatic carbocycles. The van der Waals surface area contributed by atoms with Gasteiger partial charge in [0.15, 0.2) is 5.78 Å². The van der Waals surface area contributed by atoms with Crippen molar-refractivity contribution in [3.63, 3.8) is 0 Å². The van der Waals surface area contributed by atoms with Gasteiger partial charge in [-0.05, 0) is 30.5 Å². The van der Waals surface area contributed by atoms with Crippen molar-refractivity contribution >= 4 is 22.8 Å². The van der Waals surface area contributed by atoms with E-state index in [1.165, 1.54) is 6.20 Å². The average Bonchev–Trinajstić information content (AvgIpc) is 2.75. The van der Waals surface area contributed by atoms with Crippen molar-refractivity contribution in [3.05, 3.63) is 78.3 Å². The number of nitrogens with two attached hydrogens (primary N) is 1. The number of benzene rings is 2. The van der Waals surface area contributed by atoms with Crippen molar-refractivity contribution < 1.29 is 41.0 Å². The van der Waals surface area contributed by atoms with E-state index in [1.54, 1.807) is 12.1 Å². The van der Waals surface area contributed by atoms with Crippen LogP contribution in [0.2, 0.25) is 0 Å². The van der Waals surface area contributed by atoms with E-state index < -0.39 is 5.92 Å². The third kappa shape index (κ3) is 7.10. The molecule has 0 fully saturated rings. The molecule has 0 heterocycles.